The fraction of sp³-hybridized carbons (Fsp3) is 0.0769. The van der Waals surface area contributed by atoms with Crippen molar-refractivity contribution in [3.05, 3.63) is 58.5 Å². The molecule has 0 atom stereocenters. The summed E-state index contributed by atoms with van der Waals surface area (Å²) in [6.45, 7) is 1.79. The number of carbonyl (C=O) groups excluding carboxylic acids is 1. The van der Waals surface area contributed by atoms with Crippen molar-refractivity contribution >= 4 is 23.3 Å². The Bertz CT molecular complexity index is 584. The predicted molar refractivity (Wildman–Crippen MR) is 68.3 cm³/mol. The molecule has 0 unspecified atom stereocenters. The summed E-state index contributed by atoms with van der Waals surface area (Å²) in [7, 11) is 0. The first-order valence-corrected chi connectivity index (χ1v) is 5.63. The molecule has 92 valence electrons. The molecule has 0 aliphatic rings. The van der Waals surface area contributed by atoms with E-state index in [0.29, 0.717) is 16.4 Å². The highest BCUT2D eigenvalue weighted by atomic mass is 35.5. The summed E-state index contributed by atoms with van der Waals surface area (Å²) < 4.78 is 12.7. The number of nitrogens with one attached hydrogen (secondary N) is 1. The molecule has 2 aromatic rings. The lowest BCUT2D eigenvalue weighted by molar-refractivity contribution is 0.102. The molecule has 3 nitrogen and oxygen atoms in total. The van der Waals surface area contributed by atoms with Crippen LogP contribution in [0.15, 0.2) is 36.5 Å². The lowest BCUT2D eigenvalue weighted by Gasteiger charge is -2.07. The number of carbonyl (C=O) groups is 1. The normalized spacial score (nSPS) is 10.2. The van der Waals surface area contributed by atoms with E-state index in [4.69, 9.17) is 11.6 Å². The average Bonchev–Trinajstić information content (AvgIpc) is 2.33. The van der Waals surface area contributed by atoms with Crippen molar-refractivity contribution in [3.8, 4) is 0 Å². The van der Waals surface area contributed by atoms with Crippen molar-refractivity contribution in [2.75, 3.05) is 5.32 Å². The zero-order chi connectivity index (χ0) is 13.1. The van der Waals surface area contributed by atoms with Crippen LogP contribution < -0.4 is 5.32 Å². The molecule has 5 heteroatoms. The quantitative estimate of drug-likeness (QED) is 0.903. The zero-order valence-electron chi connectivity index (χ0n) is 9.58. The van der Waals surface area contributed by atoms with Crippen LogP contribution in [0.2, 0.25) is 5.02 Å². The second-order valence-electron chi connectivity index (χ2n) is 3.78. The van der Waals surface area contributed by atoms with Gasteiger partial charge in [-0.15, -0.1) is 0 Å². The lowest BCUT2D eigenvalue weighted by Crippen LogP contribution is -2.13. The van der Waals surface area contributed by atoms with Gasteiger partial charge < -0.3 is 5.32 Å². The molecule has 2 rings (SSSR count). The standard InChI is InChI=1S/C13H10ClFN2O/c1-8-6-10(14)7-16-12(8)17-13(18)9-2-4-11(15)5-3-9/h2-7H,1H3,(H,16,17,18). The number of aromatic nitrogens is 1. The van der Waals surface area contributed by atoms with Crippen LogP contribution >= 0.6 is 11.6 Å². The topological polar surface area (TPSA) is 42.0 Å². The Labute approximate surface area is 109 Å². The van der Waals surface area contributed by atoms with E-state index in [-0.39, 0.29) is 11.7 Å². The van der Waals surface area contributed by atoms with Crippen molar-refractivity contribution < 1.29 is 9.18 Å². The molecule has 0 aliphatic carbocycles. The minimum Gasteiger partial charge on any atom is -0.306 e. The maximum Gasteiger partial charge on any atom is 0.256 e. The van der Waals surface area contributed by atoms with E-state index < -0.39 is 0 Å². The van der Waals surface area contributed by atoms with Crippen molar-refractivity contribution in [1.29, 1.82) is 0 Å². The first-order valence-electron chi connectivity index (χ1n) is 5.25. The van der Waals surface area contributed by atoms with E-state index in [9.17, 15) is 9.18 Å². The molecule has 0 spiro atoms. The number of nitrogens with zero attached hydrogens (tertiary/aromatic N) is 1. The molecule has 0 fully saturated rings. The minimum atomic E-state index is -0.382. The molecule has 1 aromatic heterocycles. The molecule has 0 saturated heterocycles. The second kappa shape index (κ2) is 5.14. The highest BCUT2D eigenvalue weighted by Gasteiger charge is 2.08. The van der Waals surface area contributed by atoms with Gasteiger partial charge in [0, 0.05) is 11.8 Å². The third-order valence-corrected chi connectivity index (χ3v) is 2.59. The maximum absolute atomic E-state index is 12.7. The Morgan fingerprint density at radius 1 is 1.33 bits per heavy atom. The van der Waals surface area contributed by atoms with Crippen LogP contribution in [0, 0.1) is 12.7 Å². The van der Waals surface area contributed by atoms with Gasteiger partial charge in [0.05, 0.1) is 5.02 Å². The first-order chi connectivity index (χ1) is 8.56. The molecular formula is C13H10ClFN2O. The molecule has 1 amide bonds. The van der Waals surface area contributed by atoms with Crippen LogP contribution in [-0.2, 0) is 0 Å². The van der Waals surface area contributed by atoms with Crippen LogP contribution in [-0.4, -0.2) is 10.9 Å². The van der Waals surface area contributed by atoms with Crippen LogP contribution in [0.1, 0.15) is 15.9 Å². The number of benzene rings is 1. The van der Waals surface area contributed by atoms with Gasteiger partial charge in [-0.3, -0.25) is 4.79 Å². The van der Waals surface area contributed by atoms with Crippen LogP contribution in [0.25, 0.3) is 0 Å². The number of halogens is 2. The Balaban J connectivity index is 2.18. The number of pyridine rings is 1. The molecule has 1 N–H and O–H groups in total. The summed E-state index contributed by atoms with van der Waals surface area (Å²) in [4.78, 5) is 15.9. The predicted octanol–water partition coefficient (Wildman–Crippen LogP) is 3.43. The molecule has 1 aromatic carbocycles. The Hall–Kier alpha value is -1.94. The zero-order valence-corrected chi connectivity index (χ0v) is 10.3. The average molecular weight is 265 g/mol. The van der Waals surface area contributed by atoms with Crippen molar-refractivity contribution in [2.45, 2.75) is 6.92 Å². The Morgan fingerprint density at radius 2 is 2.00 bits per heavy atom. The van der Waals surface area contributed by atoms with Crippen molar-refractivity contribution in [2.24, 2.45) is 0 Å². The SMILES string of the molecule is Cc1cc(Cl)cnc1NC(=O)c1ccc(F)cc1. The number of hydrogen-bond acceptors (Lipinski definition) is 2. The summed E-state index contributed by atoms with van der Waals surface area (Å²) >= 11 is 5.77. The molecular weight excluding hydrogens is 255 g/mol. The smallest absolute Gasteiger partial charge is 0.256 e. The number of rotatable bonds is 2. The molecule has 0 saturated carbocycles. The number of amides is 1. The number of hydrogen-bond donors (Lipinski definition) is 1. The van der Waals surface area contributed by atoms with E-state index in [1.807, 2.05) is 0 Å². The van der Waals surface area contributed by atoms with Gasteiger partial charge in [0.1, 0.15) is 11.6 Å². The van der Waals surface area contributed by atoms with E-state index in [2.05, 4.69) is 10.3 Å². The summed E-state index contributed by atoms with van der Waals surface area (Å²) in [6, 6.07) is 6.99. The molecule has 0 bridgehead atoms. The maximum atomic E-state index is 12.7. The van der Waals surface area contributed by atoms with Gasteiger partial charge in [-0.25, -0.2) is 9.37 Å². The lowest BCUT2D eigenvalue weighted by atomic mass is 10.2. The van der Waals surface area contributed by atoms with Gasteiger partial charge in [0.2, 0.25) is 0 Å². The molecule has 0 radical (unpaired) electrons. The van der Waals surface area contributed by atoms with E-state index in [0.717, 1.165) is 5.56 Å². The monoisotopic (exact) mass is 264 g/mol. The first kappa shape index (κ1) is 12.5. The largest absolute Gasteiger partial charge is 0.306 e. The minimum absolute atomic E-state index is 0.340. The fourth-order valence-electron chi connectivity index (χ4n) is 1.45. The summed E-state index contributed by atoms with van der Waals surface area (Å²) in [5.74, 6) is -0.283. The van der Waals surface area contributed by atoms with E-state index in [1.165, 1.54) is 30.5 Å². The molecule has 18 heavy (non-hydrogen) atoms. The Kier molecular flexibility index (Phi) is 3.58. The van der Waals surface area contributed by atoms with Gasteiger partial charge in [-0.05, 0) is 42.8 Å². The van der Waals surface area contributed by atoms with Crippen molar-refractivity contribution in [1.82, 2.24) is 4.98 Å². The summed E-state index contributed by atoms with van der Waals surface area (Å²) in [5, 5.41) is 3.15. The summed E-state index contributed by atoms with van der Waals surface area (Å²) in [5.41, 5.74) is 1.13. The van der Waals surface area contributed by atoms with Gasteiger partial charge in [0.15, 0.2) is 0 Å². The van der Waals surface area contributed by atoms with E-state index in [1.54, 1.807) is 13.0 Å². The second-order valence-corrected chi connectivity index (χ2v) is 4.22. The molecule has 1 heterocycles. The van der Waals surface area contributed by atoms with Crippen LogP contribution in [0.5, 0.6) is 0 Å². The third kappa shape index (κ3) is 2.84. The van der Waals surface area contributed by atoms with Crippen LogP contribution in [0.3, 0.4) is 0 Å². The van der Waals surface area contributed by atoms with Gasteiger partial charge in [-0.2, -0.15) is 0 Å². The summed E-state index contributed by atoms with van der Waals surface area (Å²) in [6.07, 6.45) is 1.45. The highest BCUT2D eigenvalue weighted by Crippen LogP contribution is 2.17. The van der Waals surface area contributed by atoms with Gasteiger partial charge in [-0.1, -0.05) is 11.6 Å². The van der Waals surface area contributed by atoms with Crippen molar-refractivity contribution in [3.63, 3.8) is 0 Å². The Morgan fingerprint density at radius 3 is 2.61 bits per heavy atom. The van der Waals surface area contributed by atoms with Crippen LogP contribution in [0.4, 0.5) is 10.2 Å². The molecule has 0 aliphatic heterocycles. The van der Waals surface area contributed by atoms with Gasteiger partial charge in [0.25, 0.3) is 5.91 Å². The number of aryl methyl sites for hydroxylation is 1. The van der Waals surface area contributed by atoms with E-state index >= 15 is 0 Å². The highest BCUT2D eigenvalue weighted by molar-refractivity contribution is 6.30. The van der Waals surface area contributed by atoms with Gasteiger partial charge >= 0.3 is 0 Å². The fourth-order valence-corrected chi connectivity index (χ4v) is 1.66. The third-order valence-electron chi connectivity index (χ3n) is 2.38. The number of anilines is 1.